The third-order valence-electron chi connectivity index (χ3n) is 5.52. The van der Waals surface area contributed by atoms with Gasteiger partial charge in [-0.2, -0.15) is 0 Å². The van der Waals surface area contributed by atoms with Crippen LogP contribution >= 0.6 is 0 Å². The number of hydrogen-bond acceptors (Lipinski definition) is 5. The van der Waals surface area contributed by atoms with Gasteiger partial charge in [0, 0.05) is 37.4 Å². The maximum Gasteiger partial charge on any atom is 0.273 e. The molecule has 1 aromatic carbocycles. The third kappa shape index (κ3) is 6.76. The second-order valence-electron chi connectivity index (χ2n) is 8.33. The fraction of sp³-hybridized carbons (Fsp3) is 0.400. The number of hydrogen-bond donors (Lipinski definition) is 1. The van der Waals surface area contributed by atoms with Crippen molar-refractivity contribution in [2.75, 3.05) is 6.54 Å². The topological polar surface area (TPSA) is 71.3 Å². The molecule has 1 amide bonds. The fourth-order valence-electron chi connectivity index (χ4n) is 3.41. The molecule has 3 rings (SSSR count). The molecule has 0 bridgehead atoms. The van der Waals surface area contributed by atoms with E-state index in [1.54, 1.807) is 6.20 Å². The highest BCUT2D eigenvalue weighted by molar-refractivity contribution is 5.91. The van der Waals surface area contributed by atoms with Crippen molar-refractivity contribution >= 4 is 5.91 Å². The first-order valence-corrected chi connectivity index (χ1v) is 10.8. The molecule has 0 radical (unpaired) electrons. The molecule has 1 unspecified atom stereocenters. The van der Waals surface area contributed by atoms with E-state index in [1.165, 1.54) is 17.4 Å². The largest absolute Gasteiger partial charge is 0.447 e. The first kappa shape index (κ1) is 22.7. The molecular formula is C25H32N4O2. The van der Waals surface area contributed by atoms with Gasteiger partial charge in [0.1, 0.15) is 6.26 Å². The molecule has 1 N–H and O–H groups in total. The number of aryl methyl sites for hydroxylation is 1. The summed E-state index contributed by atoms with van der Waals surface area (Å²) in [6, 6.07) is 14.6. The Balaban J connectivity index is 1.61. The molecule has 0 fully saturated rings. The van der Waals surface area contributed by atoms with Gasteiger partial charge in [0.2, 0.25) is 5.89 Å². The number of rotatable bonds is 10. The Kier molecular flexibility index (Phi) is 7.95. The van der Waals surface area contributed by atoms with E-state index in [1.807, 2.05) is 18.2 Å². The number of nitrogens with one attached hydrogen (secondary N) is 1. The number of aromatic nitrogens is 2. The van der Waals surface area contributed by atoms with Crippen molar-refractivity contribution in [2.45, 2.75) is 53.2 Å². The van der Waals surface area contributed by atoms with E-state index in [-0.39, 0.29) is 5.91 Å². The smallest absolute Gasteiger partial charge is 0.273 e. The lowest BCUT2D eigenvalue weighted by molar-refractivity contribution is 0.0948. The normalized spacial score (nSPS) is 12.3. The zero-order valence-corrected chi connectivity index (χ0v) is 18.8. The van der Waals surface area contributed by atoms with Crippen LogP contribution in [-0.4, -0.2) is 33.4 Å². The Morgan fingerprint density at radius 3 is 2.68 bits per heavy atom. The standard InChI is InChI=1S/C25H32N4O2/c1-18(2)20(4)29(15-21-9-7-8-19(3)14-21)16-24-28-23(17-31-24)25(30)27-13-11-22-10-5-6-12-26-22/h5-10,12,14,17-18,20H,11,13,15-16H2,1-4H3,(H,27,30). The van der Waals surface area contributed by atoms with Crippen molar-refractivity contribution in [3.05, 3.63) is 83.3 Å². The average Bonchev–Trinajstić information content (AvgIpc) is 3.22. The molecule has 0 aliphatic rings. The highest BCUT2D eigenvalue weighted by atomic mass is 16.3. The van der Waals surface area contributed by atoms with Gasteiger partial charge in [-0.15, -0.1) is 0 Å². The minimum atomic E-state index is -0.229. The number of carbonyl (C=O) groups excluding carboxylic acids is 1. The van der Waals surface area contributed by atoms with Crippen LogP contribution in [-0.2, 0) is 19.5 Å². The van der Waals surface area contributed by atoms with Gasteiger partial charge in [-0.05, 0) is 37.5 Å². The second kappa shape index (κ2) is 10.9. The Morgan fingerprint density at radius 2 is 1.97 bits per heavy atom. The van der Waals surface area contributed by atoms with Crippen LogP contribution in [0, 0.1) is 12.8 Å². The SMILES string of the molecule is Cc1cccc(CN(Cc2nc(C(=O)NCCc3ccccn3)co2)C(C)C(C)C)c1. The molecule has 0 aliphatic carbocycles. The molecule has 1 atom stereocenters. The molecule has 0 saturated heterocycles. The van der Waals surface area contributed by atoms with E-state index in [4.69, 9.17) is 4.42 Å². The summed E-state index contributed by atoms with van der Waals surface area (Å²) >= 11 is 0. The number of pyridine rings is 1. The number of nitrogens with zero attached hydrogens (tertiary/aromatic N) is 3. The zero-order chi connectivity index (χ0) is 22.2. The summed E-state index contributed by atoms with van der Waals surface area (Å²) in [7, 11) is 0. The highest BCUT2D eigenvalue weighted by Gasteiger charge is 2.21. The van der Waals surface area contributed by atoms with Crippen LogP contribution in [0.2, 0.25) is 0 Å². The fourth-order valence-corrected chi connectivity index (χ4v) is 3.41. The van der Waals surface area contributed by atoms with Gasteiger partial charge >= 0.3 is 0 Å². The van der Waals surface area contributed by atoms with Crippen molar-refractivity contribution in [2.24, 2.45) is 5.92 Å². The first-order valence-electron chi connectivity index (χ1n) is 10.8. The van der Waals surface area contributed by atoms with Gasteiger partial charge in [-0.1, -0.05) is 49.7 Å². The van der Waals surface area contributed by atoms with Gasteiger partial charge in [-0.25, -0.2) is 4.98 Å². The van der Waals surface area contributed by atoms with Crippen LogP contribution in [0.15, 0.2) is 59.3 Å². The summed E-state index contributed by atoms with van der Waals surface area (Å²) in [6.45, 7) is 10.6. The minimum absolute atomic E-state index is 0.229. The lowest BCUT2D eigenvalue weighted by atomic mass is 10.0. The molecule has 31 heavy (non-hydrogen) atoms. The van der Waals surface area contributed by atoms with E-state index in [0.717, 1.165) is 12.2 Å². The number of benzene rings is 1. The van der Waals surface area contributed by atoms with Crippen LogP contribution in [0.25, 0.3) is 0 Å². The summed E-state index contributed by atoms with van der Waals surface area (Å²) < 4.78 is 5.65. The van der Waals surface area contributed by atoms with Crippen LogP contribution in [0.5, 0.6) is 0 Å². The Labute approximate surface area is 184 Å². The Hall–Kier alpha value is -2.99. The molecule has 2 aromatic heterocycles. The highest BCUT2D eigenvalue weighted by Crippen LogP contribution is 2.18. The van der Waals surface area contributed by atoms with E-state index in [0.29, 0.717) is 43.1 Å². The number of carbonyl (C=O) groups is 1. The Bertz CT molecular complexity index is 968. The zero-order valence-electron chi connectivity index (χ0n) is 18.8. The number of oxazole rings is 1. The van der Waals surface area contributed by atoms with Crippen molar-refractivity contribution in [1.29, 1.82) is 0 Å². The summed E-state index contributed by atoms with van der Waals surface area (Å²) in [5.41, 5.74) is 3.75. The van der Waals surface area contributed by atoms with Gasteiger partial charge in [0.25, 0.3) is 5.91 Å². The second-order valence-corrected chi connectivity index (χ2v) is 8.33. The summed E-state index contributed by atoms with van der Waals surface area (Å²) in [5, 5.41) is 2.89. The van der Waals surface area contributed by atoms with Gasteiger partial charge in [0.15, 0.2) is 5.69 Å². The van der Waals surface area contributed by atoms with Crippen LogP contribution in [0.4, 0.5) is 0 Å². The van der Waals surface area contributed by atoms with E-state index < -0.39 is 0 Å². The van der Waals surface area contributed by atoms with Crippen molar-refractivity contribution in [3.63, 3.8) is 0 Å². The summed E-state index contributed by atoms with van der Waals surface area (Å²) in [4.78, 5) is 23.5. The van der Waals surface area contributed by atoms with Crippen molar-refractivity contribution in [3.8, 4) is 0 Å². The molecule has 3 aromatic rings. The van der Waals surface area contributed by atoms with Crippen LogP contribution < -0.4 is 5.32 Å². The Morgan fingerprint density at radius 1 is 1.13 bits per heavy atom. The first-order chi connectivity index (χ1) is 14.9. The molecule has 0 saturated carbocycles. The molecule has 0 spiro atoms. The van der Waals surface area contributed by atoms with Crippen LogP contribution in [0.3, 0.4) is 0 Å². The predicted molar refractivity (Wildman–Crippen MR) is 122 cm³/mol. The average molecular weight is 421 g/mol. The molecular weight excluding hydrogens is 388 g/mol. The van der Waals surface area contributed by atoms with Gasteiger partial charge in [0.05, 0.1) is 6.54 Å². The lowest BCUT2D eigenvalue weighted by Crippen LogP contribution is -2.36. The molecule has 2 heterocycles. The van der Waals surface area contributed by atoms with E-state index in [9.17, 15) is 4.79 Å². The van der Waals surface area contributed by atoms with Crippen molar-refractivity contribution < 1.29 is 9.21 Å². The monoisotopic (exact) mass is 420 g/mol. The summed E-state index contributed by atoms with van der Waals surface area (Å²) in [5.74, 6) is 0.803. The van der Waals surface area contributed by atoms with Gasteiger partial charge < -0.3 is 9.73 Å². The molecule has 164 valence electrons. The predicted octanol–water partition coefficient (Wildman–Crippen LogP) is 4.40. The molecule has 6 nitrogen and oxygen atoms in total. The van der Waals surface area contributed by atoms with Crippen molar-refractivity contribution in [1.82, 2.24) is 20.2 Å². The van der Waals surface area contributed by atoms with E-state index in [2.05, 4.69) is 72.1 Å². The number of amides is 1. The lowest BCUT2D eigenvalue weighted by Gasteiger charge is -2.30. The summed E-state index contributed by atoms with van der Waals surface area (Å²) in [6.07, 6.45) is 3.87. The maximum absolute atomic E-state index is 12.4. The minimum Gasteiger partial charge on any atom is -0.447 e. The van der Waals surface area contributed by atoms with E-state index >= 15 is 0 Å². The van der Waals surface area contributed by atoms with Crippen LogP contribution in [0.1, 0.15) is 54.0 Å². The third-order valence-corrected chi connectivity index (χ3v) is 5.52. The quantitative estimate of drug-likeness (QED) is 0.526. The molecule has 0 aliphatic heterocycles. The van der Waals surface area contributed by atoms with Gasteiger partial charge in [-0.3, -0.25) is 14.7 Å². The molecule has 6 heteroatoms. The maximum atomic E-state index is 12.4.